The minimum atomic E-state index is -3.05. The molecule has 0 aliphatic heterocycles. The molecule has 0 unspecified atom stereocenters. The quantitative estimate of drug-likeness (QED) is 0.351. The minimum absolute atomic E-state index is 0.110. The molecule has 1 amide bonds. The van der Waals surface area contributed by atoms with Crippen molar-refractivity contribution in [3.63, 3.8) is 0 Å². The minimum Gasteiger partial charge on any atom is -0.301 e. The fraction of sp³-hybridized carbons (Fsp3) is 0.900. The first-order valence-corrected chi connectivity index (χ1v) is 8.96. The highest BCUT2D eigenvalue weighted by molar-refractivity contribution is 8.55. The summed E-state index contributed by atoms with van der Waals surface area (Å²) in [6.07, 6.45) is 0.941. The van der Waals surface area contributed by atoms with Crippen LogP contribution in [0.3, 0.4) is 0 Å². The molecule has 0 aromatic carbocycles. The van der Waals surface area contributed by atoms with E-state index in [0.717, 1.165) is 11.4 Å². The molecule has 0 heterocycles. The van der Waals surface area contributed by atoms with Crippen molar-refractivity contribution < 1.29 is 23.2 Å². The molecule has 6 nitrogen and oxygen atoms in total. The van der Waals surface area contributed by atoms with Gasteiger partial charge in [0.1, 0.15) is 0 Å². The molecule has 0 N–H and O–H groups in total. The second-order valence-electron chi connectivity index (χ2n) is 3.29. The molecule has 18 heavy (non-hydrogen) atoms. The van der Waals surface area contributed by atoms with Crippen molar-refractivity contribution in [2.45, 2.75) is 26.7 Å². The van der Waals surface area contributed by atoms with Crippen LogP contribution in [0.5, 0.6) is 0 Å². The van der Waals surface area contributed by atoms with Crippen LogP contribution < -0.4 is 0 Å². The van der Waals surface area contributed by atoms with Gasteiger partial charge in [-0.05, 0) is 31.7 Å². The van der Waals surface area contributed by atoms with E-state index in [9.17, 15) is 9.36 Å². The van der Waals surface area contributed by atoms with Crippen molar-refractivity contribution in [1.82, 2.24) is 5.06 Å². The van der Waals surface area contributed by atoms with Gasteiger partial charge in [0.05, 0.1) is 20.3 Å². The van der Waals surface area contributed by atoms with Crippen LogP contribution in [0.2, 0.25) is 0 Å². The van der Waals surface area contributed by atoms with Crippen molar-refractivity contribution in [1.29, 1.82) is 0 Å². The van der Waals surface area contributed by atoms with E-state index < -0.39 is 6.80 Å². The van der Waals surface area contributed by atoms with Crippen molar-refractivity contribution in [3.8, 4) is 0 Å². The van der Waals surface area contributed by atoms with E-state index in [1.165, 1.54) is 12.2 Å². The summed E-state index contributed by atoms with van der Waals surface area (Å²) >= 11 is 1.13. The van der Waals surface area contributed by atoms with Gasteiger partial charge in [0.15, 0.2) is 0 Å². The first-order chi connectivity index (χ1) is 8.49. The molecule has 0 atom stereocenters. The predicted octanol–water partition coefficient (Wildman–Crippen LogP) is 2.70. The summed E-state index contributed by atoms with van der Waals surface area (Å²) in [5, 5.41) is 1.18. The lowest BCUT2D eigenvalue weighted by molar-refractivity contribution is -0.168. The van der Waals surface area contributed by atoms with Gasteiger partial charge in [0, 0.05) is 19.2 Å². The van der Waals surface area contributed by atoms with Gasteiger partial charge >= 0.3 is 6.80 Å². The molecule has 0 aromatic heterocycles. The Labute approximate surface area is 113 Å². The van der Waals surface area contributed by atoms with Gasteiger partial charge < -0.3 is 9.05 Å². The molecular weight excluding hydrogens is 277 g/mol. The molecule has 0 aromatic rings. The Morgan fingerprint density at radius 3 is 2.28 bits per heavy atom. The highest BCUT2D eigenvalue weighted by atomic mass is 32.7. The van der Waals surface area contributed by atoms with Gasteiger partial charge in [-0.25, -0.2) is 9.63 Å². The molecule has 0 saturated carbocycles. The van der Waals surface area contributed by atoms with Crippen LogP contribution in [0.25, 0.3) is 0 Å². The Morgan fingerprint density at radius 2 is 1.83 bits per heavy atom. The Bertz CT molecular complexity index is 279. The highest BCUT2D eigenvalue weighted by Gasteiger charge is 2.24. The molecule has 0 saturated heterocycles. The maximum atomic E-state index is 12.0. The molecule has 0 spiro atoms. The van der Waals surface area contributed by atoms with E-state index >= 15 is 0 Å². The summed E-state index contributed by atoms with van der Waals surface area (Å²) < 4.78 is 22.3. The molecule has 0 rings (SSSR count). The molecule has 0 radical (unpaired) electrons. The van der Waals surface area contributed by atoms with E-state index in [-0.39, 0.29) is 5.91 Å². The van der Waals surface area contributed by atoms with Crippen molar-refractivity contribution in [2.75, 3.05) is 33.1 Å². The van der Waals surface area contributed by atoms with Crippen LogP contribution in [-0.2, 0) is 23.2 Å². The normalized spacial score (nSPS) is 11.6. The van der Waals surface area contributed by atoms with Crippen LogP contribution in [0, 0.1) is 0 Å². The van der Waals surface area contributed by atoms with Crippen LogP contribution >= 0.6 is 18.2 Å². The molecule has 8 heteroatoms. The highest BCUT2D eigenvalue weighted by Crippen LogP contribution is 2.60. The third-order valence-electron chi connectivity index (χ3n) is 1.98. The SMILES string of the molecule is CCOP(=O)(OCC)SCCCC(=O)N(C)OC. The summed E-state index contributed by atoms with van der Waals surface area (Å²) in [7, 11) is 2.99. The maximum Gasteiger partial charge on any atom is 0.389 e. The van der Waals surface area contributed by atoms with E-state index in [2.05, 4.69) is 0 Å². The van der Waals surface area contributed by atoms with Gasteiger partial charge in [-0.2, -0.15) is 0 Å². The molecule has 0 bridgehead atoms. The molecule has 108 valence electrons. The number of carbonyl (C=O) groups is 1. The van der Waals surface area contributed by atoms with Gasteiger partial charge in [0.2, 0.25) is 5.91 Å². The standard InChI is InChI=1S/C10H22NO5PS/c1-5-15-17(13,16-6-2)18-9-7-8-10(12)11(3)14-4/h5-9H2,1-4H3. The van der Waals surface area contributed by atoms with Gasteiger partial charge in [-0.1, -0.05) is 0 Å². The zero-order valence-electron chi connectivity index (χ0n) is 11.4. The average Bonchev–Trinajstić information content (AvgIpc) is 2.34. The lowest BCUT2D eigenvalue weighted by atomic mass is 10.3. The summed E-state index contributed by atoms with van der Waals surface area (Å²) in [4.78, 5) is 16.2. The van der Waals surface area contributed by atoms with Gasteiger partial charge in [-0.3, -0.25) is 9.63 Å². The molecular formula is C10H22NO5PS. The van der Waals surface area contributed by atoms with Crippen LogP contribution in [0.1, 0.15) is 26.7 Å². The summed E-state index contributed by atoms with van der Waals surface area (Å²) in [5.74, 6) is 0.432. The second kappa shape index (κ2) is 9.81. The number of hydroxylamine groups is 2. The van der Waals surface area contributed by atoms with E-state index in [1.54, 1.807) is 20.9 Å². The number of nitrogens with zero attached hydrogens (tertiary/aromatic N) is 1. The number of carbonyl (C=O) groups excluding carboxylic acids is 1. The predicted molar refractivity (Wildman–Crippen MR) is 72.3 cm³/mol. The summed E-state index contributed by atoms with van der Waals surface area (Å²) in [6, 6.07) is 0. The van der Waals surface area contributed by atoms with Crippen LogP contribution in [0.15, 0.2) is 0 Å². The van der Waals surface area contributed by atoms with Crippen LogP contribution in [-0.4, -0.2) is 44.1 Å². The Balaban J connectivity index is 3.93. The molecule has 0 fully saturated rings. The van der Waals surface area contributed by atoms with Crippen molar-refractivity contribution in [3.05, 3.63) is 0 Å². The van der Waals surface area contributed by atoms with Gasteiger partial charge in [-0.15, -0.1) is 0 Å². The topological polar surface area (TPSA) is 65.1 Å². The van der Waals surface area contributed by atoms with E-state index in [0.29, 0.717) is 31.8 Å². The zero-order valence-corrected chi connectivity index (χ0v) is 13.1. The van der Waals surface area contributed by atoms with Crippen LogP contribution in [0.4, 0.5) is 0 Å². The number of hydrogen-bond acceptors (Lipinski definition) is 6. The molecule has 0 aliphatic rings. The third-order valence-corrected chi connectivity index (χ3v) is 6.05. The zero-order chi connectivity index (χ0) is 14.0. The first-order valence-electron chi connectivity index (χ1n) is 5.83. The van der Waals surface area contributed by atoms with Crippen molar-refractivity contribution >= 4 is 24.1 Å². The van der Waals surface area contributed by atoms with E-state index in [1.807, 2.05) is 0 Å². The Morgan fingerprint density at radius 1 is 1.28 bits per heavy atom. The third kappa shape index (κ3) is 7.38. The fourth-order valence-corrected chi connectivity index (χ4v) is 4.58. The number of hydrogen-bond donors (Lipinski definition) is 0. The number of rotatable bonds is 10. The summed E-state index contributed by atoms with van der Waals surface area (Å²) in [5.41, 5.74) is 0. The number of amides is 1. The Hall–Kier alpha value is -0.0700. The van der Waals surface area contributed by atoms with E-state index in [4.69, 9.17) is 13.9 Å². The Kier molecular flexibility index (Phi) is 9.77. The average molecular weight is 299 g/mol. The monoisotopic (exact) mass is 299 g/mol. The second-order valence-corrected chi connectivity index (χ2v) is 7.49. The largest absolute Gasteiger partial charge is 0.389 e. The lowest BCUT2D eigenvalue weighted by Gasteiger charge is -2.16. The first kappa shape index (κ1) is 17.9. The molecule has 0 aliphatic carbocycles. The maximum absolute atomic E-state index is 12.0. The smallest absolute Gasteiger partial charge is 0.301 e. The van der Waals surface area contributed by atoms with Crippen molar-refractivity contribution in [2.24, 2.45) is 0 Å². The lowest BCUT2D eigenvalue weighted by Crippen LogP contribution is -2.25. The fourth-order valence-electron chi connectivity index (χ4n) is 1.09. The van der Waals surface area contributed by atoms with Gasteiger partial charge in [0.25, 0.3) is 0 Å². The summed E-state index contributed by atoms with van der Waals surface area (Å²) in [6.45, 7) is 1.17.